The van der Waals surface area contributed by atoms with Gasteiger partial charge in [-0.15, -0.1) is 0 Å². The van der Waals surface area contributed by atoms with Crippen LogP contribution in [0.1, 0.15) is 5.76 Å². The number of nitro groups is 1. The Bertz CT molecular complexity index is 776. The molecule has 1 fully saturated rings. The second-order valence-electron chi connectivity index (χ2n) is 5.39. The van der Waals surface area contributed by atoms with Crippen LogP contribution in [0.4, 0.5) is 10.5 Å². The number of furan rings is 1. The second-order valence-corrected chi connectivity index (χ2v) is 5.39. The number of nitrogens with one attached hydrogen (secondary N) is 1. The number of carbonyl (C=O) groups is 1. The van der Waals surface area contributed by atoms with Crippen molar-refractivity contribution in [1.29, 1.82) is 0 Å². The van der Waals surface area contributed by atoms with Gasteiger partial charge in [0, 0.05) is 37.0 Å². The average molecular weight is 343 g/mol. The van der Waals surface area contributed by atoms with Crippen molar-refractivity contribution in [3.63, 3.8) is 0 Å². The third-order valence-electron chi connectivity index (χ3n) is 3.74. The minimum Gasteiger partial charge on any atom is -0.457 e. The van der Waals surface area contributed by atoms with E-state index < -0.39 is 4.92 Å². The maximum atomic E-state index is 11.9. The Morgan fingerprint density at radius 1 is 1.16 bits per heavy atom. The molecule has 0 radical (unpaired) electrons. The number of rotatable bonds is 4. The van der Waals surface area contributed by atoms with E-state index in [1.165, 1.54) is 18.3 Å². The lowest BCUT2D eigenvalue weighted by Crippen LogP contribution is -2.44. The highest BCUT2D eigenvalue weighted by Gasteiger charge is 2.15. The fourth-order valence-corrected chi connectivity index (χ4v) is 2.40. The molecule has 8 heteroatoms. The Kier molecular flexibility index (Phi) is 5.10. The van der Waals surface area contributed by atoms with Gasteiger partial charge < -0.3 is 19.4 Å². The molecule has 8 nitrogen and oxygen atoms in total. The zero-order valence-electron chi connectivity index (χ0n) is 13.4. The molecule has 1 aromatic heterocycles. The van der Waals surface area contributed by atoms with Gasteiger partial charge in [-0.25, -0.2) is 4.79 Å². The molecule has 0 saturated carbocycles. The molecule has 130 valence electrons. The van der Waals surface area contributed by atoms with Gasteiger partial charge in [0.2, 0.25) is 0 Å². The molecule has 1 saturated heterocycles. The number of hydrogen-bond acceptors (Lipinski definition) is 5. The van der Waals surface area contributed by atoms with E-state index in [9.17, 15) is 14.9 Å². The molecule has 0 aliphatic carbocycles. The predicted octanol–water partition coefficient (Wildman–Crippen LogP) is 2.87. The summed E-state index contributed by atoms with van der Waals surface area (Å²) in [7, 11) is 0. The highest BCUT2D eigenvalue weighted by Crippen LogP contribution is 2.24. The quantitative estimate of drug-likeness (QED) is 0.680. The number of urea groups is 1. The Hall–Kier alpha value is -3.13. The van der Waals surface area contributed by atoms with Crippen LogP contribution in [-0.2, 0) is 4.74 Å². The Balaban J connectivity index is 1.59. The van der Waals surface area contributed by atoms with Crippen LogP contribution in [0, 0.1) is 10.1 Å². The zero-order chi connectivity index (χ0) is 17.6. The highest BCUT2D eigenvalue weighted by atomic mass is 16.6. The number of non-ortho nitro benzene ring substituents is 1. The second kappa shape index (κ2) is 7.63. The number of nitrogens with zero attached hydrogens (tertiary/aromatic N) is 2. The molecular formula is C17H17N3O5. The molecule has 0 atom stereocenters. The Morgan fingerprint density at radius 2 is 1.88 bits per heavy atom. The van der Waals surface area contributed by atoms with Crippen molar-refractivity contribution in [3.8, 4) is 11.3 Å². The van der Waals surface area contributed by atoms with Gasteiger partial charge in [0.05, 0.1) is 18.1 Å². The standard InChI is InChI=1S/C17H17N3O5/c21-17(19-9-11-24-12-10-19)18-8-7-15-5-6-16(25-15)13-1-3-14(4-2-13)20(22)23/h1-8H,9-12H2,(H,18,21)/b8-7+. The normalized spacial score (nSPS) is 14.6. The van der Waals surface area contributed by atoms with Gasteiger partial charge in [0.15, 0.2) is 0 Å². The number of nitro benzene ring substituents is 1. The van der Waals surface area contributed by atoms with Crippen LogP contribution in [0.5, 0.6) is 0 Å². The van der Waals surface area contributed by atoms with Gasteiger partial charge in [-0.05, 0) is 30.3 Å². The molecule has 2 heterocycles. The summed E-state index contributed by atoms with van der Waals surface area (Å²) in [4.78, 5) is 23.8. The Morgan fingerprint density at radius 3 is 2.56 bits per heavy atom. The van der Waals surface area contributed by atoms with Crippen molar-refractivity contribution in [2.45, 2.75) is 0 Å². The topological polar surface area (TPSA) is 97.8 Å². The number of carbonyl (C=O) groups excluding carboxylic acids is 1. The summed E-state index contributed by atoms with van der Waals surface area (Å²) < 4.78 is 10.9. The molecule has 0 spiro atoms. The van der Waals surface area contributed by atoms with Crippen molar-refractivity contribution in [2.75, 3.05) is 26.3 Å². The molecule has 1 aliphatic heterocycles. The fraction of sp³-hybridized carbons (Fsp3) is 0.235. The molecule has 2 amide bonds. The van der Waals surface area contributed by atoms with Crippen LogP contribution >= 0.6 is 0 Å². The summed E-state index contributed by atoms with van der Waals surface area (Å²) in [6, 6.07) is 9.46. The van der Waals surface area contributed by atoms with E-state index in [-0.39, 0.29) is 11.7 Å². The minimum absolute atomic E-state index is 0.0289. The average Bonchev–Trinajstić information content (AvgIpc) is 3.11. The number of benzene rings is 1. The first kappa shape index (κ1) is 16.7. The monoisotopic (exact) mass is 343 g/mol. The molecular weight excluding hydrogens is 326 g/mol. The number of morpholine rings is 1. The SMILES string of the molecule is O=C(N/C=C/c1ccc(-c2ccc([N+](=O)[O-])cc2)o1)N1CCOCC1. The third kappa shape index (κ3) is 4.24. The summed E-state index contributed by atoms with van der Waals surface area (Å²) in [6.07, 6.45) is 3.17. The minimum atomic E-state index is -0.447. The van der Waals surface area contributed by atoms with Crippen molar-refractivity contribution in [2.24, 2.45) is 0 Å². The molecule has 2 aromatic rings. The lowest BCUT2D eigenvalue weighted by molar-refractivity contribution is -0.384. The largest absolute Gasteiger partial charge is 0.457 e. The van der Waals surface area contributed by atoms with E-state index in [0.29, 0.717) is 37.8 Å². The van der Waals surface area contributed by atoms with Gasteiger partial charge in [-0.3, -0.25) is 10.1 Å². The van der Waals surface area contributed by atoms with Crippen LogP contribution in [0.3, 0.4) is 0 Å². The summed E-state index contributed by atoms with van der Waals surface area (Å²) >= 11 is 0. The van der Waals surface area contributed by atoms with E-state index >= 15 is 0 Å². The van der Waals surface area contributed by atoms with Gasteiger partial charge >= 0.3 is 6.03 Å². The van der Waals surface area contributed by atoms with E-state index in [2.05, 4.69) is 5.32 Å². The van der Waals surface area contributed by atoms with Crippen LogP contribution < -0.4 is 5.32 Å². The predicted molar refractivity (Wildman–Crippen MR) is 90.8 cm³/mol. The third-order valence-corrected chi connectivity index (χ3v) is 3.74. The van der Waals surface area contributed by atoms with E-state index in [0.717, 1.165) is 5.56 Å². The molecule has 1 N–H and O–H groups in total. The maximum Gasteiger partial charge on any atom is 0.321 e. The van der Waals surface area contributed by atoms with Crippen molar-refractivity contribution >= 4 is 17.8 Å². The highest BCUT2D eigenvalue weighted by molar-refractivity contribution is 5.76. The lowest BCUT2D eigenvalue weighted by atomic mass is 10.1. The number of amides is 2. The number of hydrogen-bond donors (Lipinski definition) is 1. The number of ether oxygens (including phenoxy) is 1. The van der Waals surface area contributed by atoms with Crippen LogP contribution in [0.15, 0.2) is 47.0 Å². The van der Waals surface area contributed by atoms with Crippen molar-refractivity contribution < 1.29 is 18.9 Å². The fourth-order valence-electron chi connectivity index (χ4n) is 2.40. The molecule has 3 rings (SSSR count). The van der Waals surface area contributed by atoms with Gasteiger partial charge in [0.25, 0.3) is 5.69 Å². The van der Waals surface area contributed by atoms with E-state index in [4.69, 9.17) is 9.15 Å². The summed E-state index contributed by atoms with van der Waals surface area (Å²) in [5.74, 6) is 1.16. The summed E-state index contributed by atoms with van der Waals surface area (Å²) in [6.45, 7) is 2.25. The van der Waals surface area contributed by atoms with Gasteiger partial charge in [-0.1, -0.05) is 0 Å². The molecule has 1 aromatic carbocycles. The summed E-state index contributed by atoms with van der Waals surface area (Å²) in [5.41, 5.74) is 0.767. The van der Waals surface area contributed by atoms with Crippen LogP contribution in [0.25, 0.3) is 17.4 Å². The van der Waals surface area contributed by atoms with Crippen molar-refractivity contribution in [1.82, 2.24) is 10.2 Å². The smallest absolute Gasteiger partial charge is 0.321 e. The Labute approximate surface area is 143 Å². The van der Waals surface area contributed by atoms with Crippen LogP contribution in [-0.4, -0.2) is 42.2 Å². The van der Waals surface area contributed by atoms with E-state index in [1.54, 1.807) is 35.2 Å². The van der Waals surface area contributed by atoms with E-state index in [1.807, 2.05) is 0 Å². The molecule has 25 heavy (non-hydrogen) atoms. The first-order valence-electron chi connectivity index (χ1n) is 7.78. The zero-order valence-corrected chi connectivity index (χ0v) is 13.4. The maximum absolute atomic E-state index is 11.9. The van der Waals surface area contributed by atoms with Crippen molar-refractivity contribution in [3.05, 3.63) is 58.5 Å². The van der Waals surface area contributed by atoms with Gasteiger partial charge in [0.1, 0.15) is 11.5 Å². The molecule has 0 bridgehead atoms. The lowest BCUT2D eigenvalue weighted by Gasteiger charge is -2.26. The first-order chi connectivity index (χ1) is 12.1. The molecule has 1 aliphatic rings. The first-order valence-corrected chi connectivity index (χ1v) is 7.78. The summed E-state index contributed by atoms with van der Waals surface area (Å²) in [5, 5.41) is 13.4. The van der Waals surface area contributed by atoms with Crippen LogP contribution in [0.2, 0.25) is 0 Å². The molecule has 0 unspecified atom stereocenters. The van der Waals surface area contributed by atoms with Gasteiger partial charge in [-0.2, -0.15) is 0 Å².